The van der Waals surface area contributed by atoms with Crippen molar-refractivity contribution >= 4 is 23.5 Å². The second-order valence-corrected chi connectivity index (χ2v) is 6.71. The van der Waals surface area contributed by atoms with Gasteiger partial charge in [0.2, 0.25) is 5.91 Å². The van der Waals surface area contributed by atoms with Gasteiger partial charge in [-0.3, -0.25) is 9.59 Å². The van der Waals surface area contributed by atoms with Gasteiger partial charge < -0.3 is 10.4 Å². The van der Waals surface area contributed by atoms with Crippen molar-refractivity contribution in [1.82, 2.24) is 5.32 Å². The van der Waals surface area contributed by atoms with Crippen LogP contribution in [0.4, 0.5) is 0 Å². The largest absolute Gasteiger partial charge is 0.481 e. The third kappa shape index (κ3) is 4.35. The molecular weight excluding hydrogens is 314 g/mol. The van der Waals surface area contributed by atoms with E-state index in [9.17, 15) is 14.7 Å². The zero-order valence-electron chi connectivity index (χ0n) is 13.3. The van der Waals surface area contributed by atoms with Gasteiger partial charge in [-0.25, -0.2) is 0 Å². The highest BCUT2D eigenvalue weighted by Crippen LogP contribution is 2.29. The molecule has 0 radical (unpaired) electrons. The van der Waals surface area contributed by atoms with Crippen LogP contribution in [-0.4, -0.2) is 17.0 Å². The van der Waals surface area contributed by atoms with Crippen LogP contribution in [0.2, 0.25) is 5.02 Å². The Hall–Kier alpha value is -1.81. The average Bonchev–Trinajstić information content (AvgIpc) is 2.53. The summed E-state index contributed by atoms with van der Waals surface area (Å²) in [6, 6.07) is 7.20. The molecule has 0 saturated carbocycles. The number of rotatable bonds is 5. The molecule has 0 bridgehead atoms. The van der Waals surface area contributed by atoms with Crippen LogP contribution < -0.4 is 5.32 Å². The molecule has 4 nitrogen and oxygen atoms in total. The van der Waals surface area contributed by atoms with E-state index in [0.29, 0.717) is 17.9 Å². The maximum absolute atomic E-state index is 12.6. The summed E-state index contributed by atoms with van der Waals surface area (Å²) >= 11 is 5.92. The highest BCUT2D eigenvalue weighted by molar-refractivity contribution is 6.30. The number of carbonyl (C=O) groups excluding carboxylic acids is 1. The molecular formula is C18H22ClNO3. The number of carbonyl (C=O) groups is 2. The topological polar surface area (TPSA) is 66.4 Å². The van der Waals surface area contributed by atoms with Crippen molar-refractivity contribution in [3.8, 4) is 0 Å². The number of carboxylic acids is 1. The van der Waals surface area contributed by atoms with Crippen molar-refractivity contribution in [2.75, 3.05) is 0 Å². The molecule has 3 atom stereocenters. The van der Waals surface area contributed by atoms with E-state index < -0.39 is 17.8 Å². The van der Waals surface area contributed by atoms with Crippen LogP contribution in [0.25, 0.3) is 0 Å². The lowest BCUT2D eigenvalue weighted by molar-refractivity contribution is -0.147. The van der Waals surface area contributed by atoms with Crippen LogP contribution in [0.3, 0.4) is 0 Å². The zero-order valence-corrected chi connectivity index (χ0v) is 14.1. The molecule has 0 spiro atoms. The fourth-order valence-corrected chi connectivity index (χ4v) is 3.07. The van der Waals surface area contributed by atoms with Gasteiger partial charge in [0.25, 0.3) is 0 Å². The minimum absolute atomic E-state index is 0.167. The van der Waals surface area contributed by atoms with Crippen LogP contribution in [0.15, 0.2) is 36.4 Å². The monoisotopic (exact) mass is 335 g/mol. The van der Waals surface area contributed by atoms with Crippen LogP contribution >= 0.6 is 11.6 Å². The fourth-order valence-electron chi connectivity index (χ4n) is 2.94. The van der Waals surface area contributed by atoms with Crippen molar-refractivity contribution in [1.29, 1.82) is 0 Å². The summed E-state index contributed by atoms with van der Waals surface area (Å²) in [6.45, 7) is 4.05. The smallest absolute Gasteiger partial charge is 0.307 e. The molecule has 124 valence electrons. The summed E-state index contributed by atoms with van der Waals surface area (Å²) in [5.74, 6) is -2.11. The molecule has 0 aromatic heterocycles. The Labute approximate surface area is 141 Å². The maximum Gasteiger partial charge on any atom is 0.307 e. The molecule has 0 heterocycles. The molecule has 0 aliphatic heterocycles. The van der Waals surface area contributed by atoms with Gasteiger partial charge in [-0.2, -0.15) is 0 Å². The van der Waals surface area contributed by atoms with E-state index in [-0.39, 0.29) is 17.9 Å². The van der Waals surface area contributed by atoms with Crippen molar-refractivity contribution < 1.29 is 14.7 Å². The Balaban J connectivity index is 2.16. The number of hydrogen-bond donors (Lipinski definition) is 2. The van der Waals surface area contributed by atoms with Gasteiger partial charge >= 0.3 is 5.97 Å². The second kappa shape index (κ2) is 7.64. The number of hydrogen-bond acceptors (Lipinski definition) is 2. The number of halogens is 1. The number of carboxylic acid groups (broad SMARTS) is 1. The third-order valence-electron chi connectivity index (χ3n) is 4.28. The number of benzene rings is 1. The lowest BCUT2D eigenvalue weighted by Gasteiger charge is -2.29. The Kier molecular flexibility index (Phi) is 5.83. The molecule has 1 aromatic rings. The lowest BCUT2D eigenvalue weighted by atomic mass is 9.82. The minimum atomic E-state index is -0.915. The van der Waals surface area contributed by atoms with Crippen LogP contribution in [0, 0.1) is 17.8 Å². The minimum Gasteiger partial charge on any atom is -0.481 e. The summed E-state index contributed by atoms with van der Waals surface area (Å²) in [5.41, 5.74) is 0.968. The van der Waals surface area contributed by atoms with Crippen LogP contribution in [0.1, 0.15) is 38.3 Å². The average molecular weight is 336 g/mol. The summed E-state index contributed by atoms with van der Waals surface area (Å²) in [7, 11) is 0. The number of nitrogens with one attached hydrogen (secondary N) is 1. The van der Waals surface area contributed by atoms with E-state index in [1.807, 2.05) is 38.1 Å². The van der Waals surface area contributed by atoms with Gasteiger partial charge in [0, 0.05) is 5.02 Å². The highest BCUT2D eigenvalue weighted by Gasteiger charge is 2.35. The lowest BCUT2D eigenvalue weighted by Crippen LogP contribution is -2.41. The molecule has 0 saturated heterocycles. The third-order valence-corrected chi connectivity index (χ3v) is 4.53. The van der Waals surface area contributed by atoms with Crippen LogP contribution in [-0.2, 0) is 9.59 Å². The van der Waals surface area contributed by atoms with Gasteiger partial charge in [0.1, 0.15) is 0 Å². The van der Waals surface area contributed by atoms with Gasteiger partial charge in [0.15, 0.2) is 0 Å². The van der Waals surface area contributed by atoms with Crippen LogP contribution in [0.5, 0.6) is 0 Å². The van der Waals surface area contributed by atoms with E-state index in [1.54, 1.807) is 12.1 Å². The summed E-state index contributed by atoms with van der Waals surface area (Å²) in [6.07, 6.45) is 4.59. The molecule has 1 aromatic carbocycles. The molecule has 5 heteroatoms. The fraction of sp³-hybridized carbons (Fsp3) is 0.444. The second-order valence-electron chi connectivity index (χ2n) is 6.28. The Bertz CT molecular complexity index is 595. The normalized spacial score (nSPS) is 21.9. The van der Waals surface area contributed by atoms with Gasteiger partial charge in [-0.05, 0) is 36.5 Å². The number of allylic oxidation sites excluding steroid dienone is 2. The molecule has 1 aliphatic rings. The Morgan fingerprint density at radius 1 is 1.13 bits per heavy atom. The molecule has 0 fully saturated rings. The van der Waals surface area contributed by atoms with Crippen molar-refractivity contribution in [3.05, 3.63) is 47.0 Å². The highest BCUT2D eigenvalue weighted by atomic mass is 35.5. The molecule has 1 amide bonds. The first-order chi connectivity index (χ1) is 10.9. The first-order valence-corrected chi connectivity index (χ1v) is 8.21. The van der Waals surface area contributed by atoms with E-state index in [1.165, 1.54) is 0 Å². The predicted molar refractivity (Wildman–Crippen MR) is 90.2 cm³/mol. The molecule has 2 N–H and O–H groups in total. The quantitative estimate of drug-likeness (QED) is 0.804. The van der Waals surface area contributed by atoms with Crippen molar-refractivity contribution in [3.63, 3.8) is 0 Å². The molecule has 0 unspecified atom stereocenters. The van der Waals surface area contributed by atoms with Gasteiger partial charge in [0.05, 0.1) is 17.9 Å². The molecule has 1 aliphatic carbocycles. The first kappa shape index (κ1) is 17.5. The summed E-state index contributed by atoms with van der Waals surface area (Å²) < 4.78 is 0. The number of aliphatic carboxylic acids is 1. The summed E-state index contributed by atoms with van der Waals surface area (Å²) in [4.78, 5) is 24.0. The van der Waals surface area contributed by atoms with Crippen molar-refractivity contribution in [2.24, 2.45) is 17.8 Å². The van der Waals surface area contributed by atoms with Gasteiger partial charge in [-0.15, -0.1) is 0 Å². The Morgan fingerprint density at radius 3 is 2.22 bits per heavy atom. The summed E-state index contributed by atoms with van der Waals surface area (Å²) in [5, 5.41) is 13.0. The van der Waals surface area contributed by atoms with Gasteiger partial charge in [-0.1, -0.05) is 49.7 Å². The SMILES string of the molecule is CC(C)[C@H](NC(=O)[C@H]1CC=CC[C@H]1C(=O)O)c1ccc(Cl)cc1. The molecule has 2 rings (SSSR count). The van der Waals surface area contributed by atoms with E-state index >= 15 is 0 Å². The Morgan fingerprint density at radius 2 is 1.70 bits per heavy atom. The standard InChI is InChI=1S/C18H22ClNO3/c1-11(2)16(12-7-9-13(19)10-8-12)20-17(21)14-5-3-4-6-15(14)18(22)23/h3-4,7-11,14-16H,5-6H2,1-2H3,(H,20,21)(H,22,23)/t14-,15+,16-/m0/s1. The first-order valence-electron chi connectivity index (χ1n) is 7.83. The van der Waals surface area contributed by atoms with E-state index in [2.05, 4.69) is 5.32 Å². The van der Waals surface area contributed by atoms with E-state index in [0.717, 1.165) is 5.56 Å². The maximum atomic E-state index is 12.6. The molecule has 23 heavy (non-hydrogen) atoms. The zero-order chi connectivity index (χ0) is 17.0. The number of amides is 1. The predicted octanol–water partition coefficient (Wildman–Crippen LogP) is 3.82. The van der Waals surface area contributed by atoms with Crippen molar-refractivity contribution in [2.45, 2.75) is 32.7 Å². The van der Waals surface area contributed by atoms with E-state index in [4.69, 9.17) is 11.6 Å².